The highest BCUT2D eigenvalue weighted by atomic mass is 16.2. The molecule has 0 aromatic rings. The predicted molar refractivity (Wildman–Crippen MR) is 72.4 cm³/mol. The Hall–Kier alpha value is -0.0400. The van der Waals surface area contributed by atoms with Crippen LogP contribution in [0.15, 0.2) is 0 Å². The Morgan fingerprint density at radius 2 is 1.00 bits per heavy atom. The summed E-state index contributed by atoms with van der Waals surface area (Å²) < 4.78 is 0. The zero-order valence-electron chi connectivity index (χ0n) is 11.8. The lowest BCUT2D eigenvalue weighted by Crippen LogP contribution is -1.83. The molecule has 0 unspecified atom stereocenters. The predicted octanol–water partition coefficient (Wildman–Crippen LogP) is 5.17. The number of hydrogen-bond donors (Lipinski definition) is 1. The van der Waals surface area contributed by atoms with Gasteiger partial charge in [0.1, 0.15) is 0 Å². The molecule has 0 aromatic heterocycles. The molecule has 0 aliphatic carbocycles. The van der Waals surface area contributed by atoms with Gasteiger partial charge in [-0.1, -0.05) is 79.6 Å². The van der Waals surface area contributed by atoms with Crippen molar-refractivity contribution in [3.05, 3.63) is 0 Å². The smallest absolute Gasteiger partial charge is 0.0431 e. The summed E-state index contributed by atoms with van der Waals surface area (Å²) in [6.45, 7) is 10.8. The molecule has 0 spiro atoms. The van der Waals surface area contributed by atoms with Crippen LogP contribution in [-0.4, -0.2) is 11.7 Å². The molecule has 0 rings (SSSR count). The van der Waals surface area contributed by atoms with E-state index in [2.05, 4.69) is 20.8 Å². The summed E-state index contributed by atoms with van der Waals surface area (Å²) in [5.41, 5.74) is 0. The first-order chi connectivity index (χ1) is 7.33. The molecule has 0 aromatic carbocycles. The second-order valence-electron chi connectivity index (χ2n) is 3.55. The molecule has 0 atom stereocenters. The van der Waals surface area contributed by atoms with E-state index in [9.17, 15) is 0 Å². The number of aliphatic hydroxyl groups excluding tert-OH is 1. The number of rotatable bonds is 7. The average Bonchev–Trinajstić information content (AvgIpc) is 2.27. The Balaban J connectivity index is -0.000000245. The van der Waals surface area contributed by atoms with Crippen molar-refractivity contribution in [3.8, 4) is 0 Å². The summed E-state index contributed by atoms with van der Waals surface area (Å²) in [7, 11) is 0. The van der Waals surface area contributed by atoms with Gasteiger partial charge in [0, 0.05) is 6.61 Å². The Morgan fingerprint density at radius 3 is 1.33 bits per heavy atom. The monoisotopic (exact) mass is 218 g/mol. The minimum Gasteiger partial charge on any atom is -0.396 e. The van der Waals surface area contributed by atoms with Gasteiger partial charge in [-0.05, 0) is 6.42 Å². The van der Waals surface area contributed by atoms with E-state index >= 15 is 0 Å². The van der Waals surface area contributed by atoms with E-state index in [1.165, 1.54) is 44.9 Å². The molecule has 15 heavy (non-hydrogen) atoms. The van der Waals surface area contributed by atoms with Crippen molar-refractivity contribution in [1.82, 2.24) is 0 Å². The zero-order valence-corrected chi connectivity index (χ0v) is 11.8. The van der Waals surface area contributed by atoms with Crippen LogP contribution < -0.4 is 0 Å². The maximum absolute atomic E-state index is 8.47. The molecule has 0 heterocycles. The normalized spacial score (nSPS) is 8.40. The standard InChI is InChI=1S/C9H20O.C3H8.C2H6/c1-2-3-4-5-6-7-8-9-10;1-3-2;1-2/h10H,2-9H2,1H3;3H2,1-2H3;1-2H3. The highest BCUT2D eigenvalue weighted by Gasteiger charge is 1.88. The Bertz CT molecular complexity index is 54.4. The molecular formula is C14H34O. The quantitative estimate of drug-likeness (QED) is 0.584. The van der Waals surface area contributed by atoms with E-state index in [1.807, 2.05) is 13.8 Å². The topological polar surface area (TPSA) is 20.2 Å². The van der Waals surface area contributed by atoms with Crippen LogP contribution in [0.3, 0.4) is 0 Å². The van der Waals surface area contributed by atoms with Crippen LogP contribution in [0.2, 0.25) is 0 Å². The van der Waals surface area contributed by atoms with Gasteiger partial charge >= 0.3 is 0 Å². The van der Waals surface area contributed by atoms with Gasteiger partial charge in [-0.3, -0.25) is 0 Å². The average molecular weight is 218 g/mol. The number of unbranched alkanes of at least 4 members (excludes halogenated alkanes) is 6. The molecule has 0 saturated carbocycles. The lowest BCUT2D eigenvalue weighted by molar-refractivity contribution is 0.282. The van der Waals surface area contributed by atoms with E-state index < -0.39 is 0 Å². The van der Waals surface area contributed by atoms with Crippen LogP contribution in [-0.2, 0) is 0 Å². The fourth-order valence-corrected chi connectivity index (χ4v) is 1.07. The van der Waals surface area contributed by atoms with Crippen molar-refractivity contribution in [1.29, 1.82) is 0 Å². The van der Waals surface area contributed by atoms with E-state index in [-0.39, 0.29) is 0 Å². The highest BCUT2D eigenvalue weighted by Crippen LogP contribution is 2.05. The first-order valence-electron chi connectivity index (χ1n) is 6.94. The van der Waals surface area contributed by atoms with Crippen molar-refractivity contribution in [2.75, 3.05) is 6.61 Å². The van der Waals surface area contributed by atoms with E-state index in [0.717, 1.165) is 6.42 Å². The van der Waals surface area contributed by atoms with Gasteiger partial charge in [-0.2, -0.15) is 0 Å². The van der Waals surface area contributed by atoms with E-state index in [4.69, 9.17) is 5.11 Å². The third-order valence-corrected chi connectivity index (χ3v) is 1.76. The summed E-state index contributed by atoms with van der Waals surface area (Å²) in [4.78, 5) is 0. The molecule has 96 valence electrons. The van der Waals surface area contributed by atoms with Gasteiger partial charge in [0.2, 0.25) is 0 Å². The van der Waals surface area contributed by atoms with Crippen molar-refractivity contribution in [2.45, 2.75) is 86.0 Å². The summed E-state index contributed by atoms with van der Waals surface area (Å²) in [6, 6.07) is 0. The Morgan fingerprint density at radius 1 is 0.667 bits per heavy atom. The summed E-state index contributed by atoms with van der Waals surface area (Å²) in [5.74, 6) is 0. The minimum atomic E-state index is 0.369. The van der Waals surface area contributed by atoms with Crippen LogP contribution in [0.5, 0.6) is 0 Å². The summed E-state index contributed by atoms with van der Waals surface area (Å²) >= 11 is 0. The second kappa shape index (κ2) is 29.2. The lowest BCUT2D eigenvalue weighted by Gasteiger charge is -1.97. The van der Waals surface area contributed by atoms with E-state index in [0.29, 0.717) is 6.61 Å². The van der Waals surface area contributed by atoms with Crippen LogP contribution in [0.1, 0.15) is 86.0 Å². The highest BCUT2D eigenvalue weighted by molar-refractivity contribution is 4.43. The fourth-order valence-electron chi connectivity index (χ4n) is 1.07. The first-order valence-corrected chi connectivity index (χ1v) is 6.94. The van der Waals surface area contributed by atoms with Gasteiger partial charge in [0.15, 0.2) is 0 Å². The SMILES string of the molecule is CC.CCC.CCCCCCCCCO. The third-order valence-electron chi connectivity index (χ3n) is 1.76. The van der Waals surface area contributed by atoms with Crippen LogP contribution in [0.4, 0.5) is 0 Å². The van der Waals surface area contributed by atoms with Crippen molar-refractivity contribution >= 4 is 0 Å². The third kappa shape index (κ3) is 41.2. The number of aliphatic hydroxyl groups is 1. The van der Waals surface area contributed by atoms with Gasteiger partial charge in [0.25, 0.3) is 0 Å². The second-order valence-corrected chi connectivity index (χ2v) is 3.55. The molecule has 0 aliphatic heterocycles. The molecule has 0 fully saturated rings. The minimum absolute atomic E-state index is 0.369. The molecule has 0 radical (unpaired) electrons. The van der Waals surface area contributed by atoms with Gasteiger partial charge < -0.3 is 5.11 Å². The maximum atomic E-state index is 8.47. The lowest BCUT2D eigenvalue weighted by atomic mass is 10.1. The molecule has 0 saturated heterocycles. The van der Waals surface area contributed by atoms with E-state index in [1.54, 1.807) is 0 Å². The molecule has 0 bridgehead atoms. The van der Waals surface area contributed by atoms with Crippen LogP contribution in [0.25, 0.3) is 0 Å². The zero-order chi connectivity index (χ0) is 12.4. The Kier molecular flexibility index (Phi) is 39.7. The Labute approximate surface area is 98.3 Å². The molecular weight excluding hydrogens is 184 g/mol. The summed E-state index contributed by atoms with van der Waals surface area (Å²) in [6.07, 6.45) is 10.2. The fraction of sp³-hybridized carbons (Fsp3) is 1.00. The molecule has 1 heteroatoms. The van der Waals surface area contributed by atoms with Crippen LogP contribution in [0, 0.1) is 0 Å². The van der Waals surface area contributed by atoms with Crippen LogP contribution >= 0.6 is 0 Å². The van der Waals surface area contributed by atoms with Crippen molar-refractivity contribution in [3.63, 3.8) is 0 Å². The van der Waals surface area contributed by atoms with Crippen molar-refractivity contribution < 1.29 is 5.11 Å². The van der Waals surface area contributed by atoms with Gasteiger partial charge in [-0.25, -0.2) is 0 Å². The first kappa shape index (κ1) is 20.4. The van der Waals surface area contributed by atoms with Crippen molar-refractivity contribution in [2.24, 2.45) is 0 Å². The molecule has 1 nitrogen and oxygen atoms in total. The molecule has 0 amide bonds. The number of hydrogen-bond acceptors (Lipinski definition) is 1. The maximum Gasteiger partial charge on any atom is 0.0431 e. The van der Waals surface area contributed by atoms with Gasteiger partial charge in [0.05, 0.1) is 0 Å². The molecule has 0 aliphatic rings. The largest absolute Gasteiger partial charge is 0.396 e. The molecule has 1 N–H and O–H groups in total. The van der Waals surface area contributed by atoms with Gasteiger partial charge in [-0.15, -0.1) is 0 Å². The summed E-state index contributed by atoms with van der Waals surface area (Å²) in [5, 5.41) is 8.47.